The van der Waals surface area contributed by atoms with Crippen LogP contribution < -0.4 is 5.32 Å². The van der Waals surface area contributed by atoms with Gasteiger partial charge in [-0.2, -0.15) is 0 Å². The molecular weight excluding hydrogens is 370 g/mol. The summed E-state index contributed by atoms with van der Waals surface area (Å²) in [5.41, 5.74) is 1.58. The minimum Gasteiger partial charge on any atom is -0.338 e. The maximum atomic E-state index is 14.0. The number of hydrogen-bond donors (Lipinski definition) is 2. The average Bonchev–Trinajstić information content (AvgIpc) is 3.08. The van der Waals surface area contributed by atoms with Gasteiger partial charge in [0, 0.05) is 18.7 Å². The Morgan fingerprint density at radius 3 is 2.04 bits per heavy atom. The van der Waals surface area contributed by atoms with Crippen molar-refractivity contribution in [1.29, 1.82) is 0 Å². The molecule has 3 nitrogen and oxygen atoms in total. The van der Waals surface area contributed by atoms with Crippen LogP contribution in [0.3, 0.4) is 0 Å². The number of para-hydroxylation sites is 1. The predicted molar refractivity (Wildman–Crippen MR) is 98.3 cm³/mol. The molecule has 28 heavy (non-hydrogen) atoms. The van der Waals surface area contributed by atoms with E-state index in [2.05, 4.69) is 15.3 Å². The number of hydrogen-bond acceptors (Lipinski definition) is 2. The molecule has 0 aliphatic carbocycles. The predicted octanol–water partition coefficient (Wildman–Crippen LogP) is 5.08. The molecule has 7 heteroatoms. The third kappa shape index (κ3) is 3.36. The largest absolute Gasteiger partial charge is 0.338 e. The van der Waals surface area contributed by atoms with Crippen molar-refractivity contribution >= 4 is 11.0 Å². The number of imidazole rings is 1. The normalized spacial score (nSPS) is 11.3. The molecule has 2 N–H and O–H groups in total. The number of H-pyrrole nitrogens is 1. The van der Waals surface area contributed by atoms with Gasteiger partial charge in [0.15, 0.2) is 0 Å². The number of halogens is 4. The second-order valence-electron chi connectivity index (χ2n) is 6.30. The van der Waals surface area contributed by atoms with Crippen molar-refractivity contribution in [2.24, 2.45) is 0 Å². The Bertz CT molecular complexity index is 1110. The molecule has 0 bridgehead atoms. The second kappa shape index (κ2) is 7.44. The molecule has 0 atom stereocenters. The molecule has 0 aliphatic rings. The summed E-state index contributed by atoms with van der Waals surface area (Å²) in [4.78, 5) is 7.26. The van der Waals surface area contributed by atoms with Gasteiger partial charge in [0.2, 0.25) is 0 Å². The molecular formula is C21H15F4N3. The molecule has 3 aromatic carbocycles. The highest BCUT2D eigenvalue weighted by atomic mass is 19.1. The first-order valence-corrected chi connectivity index (χ1v) is 8.60. The van der Waals surface area contributed by atoms with Gasteiger partial charge in [-0.15, -0.1) is 0 Å². The van der Waals surface area contributed by atoms with Crippen molar-refractivity contribution in [2.45, 2.75) is 13.1 Å². The first-order chi connectivity index (χ1) is 13.5. The lowest BCUT2D eigenvalue weighted by Crippen LogP contribution is -2.15. The van der Waals surface area contributed by atoms with E-state index in [0.717, 1.165) is 17.7 Å². The fourth-order valence-corrected chi connectivity index (χ4v) is 3.10. The Balaban J connectivity index is 1.61. The molecule has 0 saturated heterocycles. The van der Waals surface area contributed by atoms with Gasteiger partial charge < -0.3 is 10.3 Å². The molecule has 1 aromatic heterocycles. The topological polar surface area (TPSA) is 40.7 Å². The number of aromatic amines is 1. The maximum Gasteiger partial charge on any atom is 0.144 e. The zero-order valence-electron chi connectivity index (χ0n) is 14.6. The van der Waals surface area contributed by atoms with Crippen LogP contribution in [-0.4, -0.2) is 9.97 Å². The van der Waals surface area contributed by atoms with E-state index in [1.807, 2.05) is 0 Å². The summed E-state index contributed by atoms with van der Waals surface area (Å²) in [5, 5.41) is 2.98. The summed E-state index contributed by atoms with van der Waals surface area (Å²) < 4.78 is 55.6. The molecule has 142 valence electrons. The van der Waals surface area contributed by atoms with E-state index in [1.54, 1.807) is 18.2 Å². The monoisotopic (exact) mass is 385 g/mol. The summed E-state index contributed by atoms with van der Waals surface area (Å²) in [6, 6.07) is 12.6. The number of nitrogens with one attached hydrogen (secondary N) is 2. The molecule has 0 saturated carbocycles. The first kappa shape index (κ1) is 18.2. The van der Waals surface area contributed by atoms with E-state index in [4.69, 9.17) is 0 Å². The zero-order chi connectivity index (χ0) is 19.7. The van der Waals surface area contributed by atoms with Gasteiger partial charge in [0.05, 0.1) is 16.6 Å². The molecule has 0 spiro atoms. The van der Waals surface area contributed by atoms with Crippen molar-refractivity contribution in [3.63, 3.8) is 0 Å². The SMILES string of the molecule is Fc1cccc(F)c1CNCc1cccc2[nH]c(-c3c(F)cccc3F)nc12. The Morgan fingerprint density at radius 1 is 0.750 bits per heavy atom. The fraction of sp³-hybridized carbons (Fsp3) is 0.0952. The van der Waals surface area contributed by atoms with E-state index in [1.165, 1.54) is 24.3 Å². The number of nitrogens with zero attached hydrogens (tertiary/aromatic N) is 1. The van der Waals surface area contributed by atoms with Gasteiger partial charge in [-0.3, -0.25) is 0 Å². The van der Waals surface area contributed by atoms with Gasteiger partial charge in [-0.1, -0.05) is 24.3 Å². The van der Waals surface area contributed by atoms with Crippen LogP contribution in [0.25, 0.3) is 22.4 Å². The highest BCUT2D eigenvalue weighted by Crippen LogP contribution is 2.27. The minimum atomic E-state index is -0.714. The van der Waals surface area contributed by atoms with E-state index in [-0.39, 0.29) is 30.0 Å². The van der Waals surface area contributed by atoms with Crippen molar-refractivity contribution in [1.82, 2.24) is 15.3 Å². The van der Waals surface area contributed by atoms with Gasteiger partial charge in [0.25, 0.3) is 0 Å². The molecule has 0 fully saturated rings. The van der Waals surface area contributed by atoms with Crippen LogP contribution in [0.1, 0.15) is 11.1 Å². The third-order valence-electron chi connectivity index (χ3n) is 4.47. The maximum absolute atomic E-state index is 14.0. The lowest BCUT2D eigenvalue weighted by atomic mass is 10.1. The van der Waals surface area contributed by atoms with Crippen LogP contribution in [0.5, 0.6) is 0 Å². The van der Waals surface area contributed by atoms with Gasteiger partial charge in [-0.05, 0) is 35.9 Å². The minimum absolute atomic E-state index is 0.00584. The number of benzene rings is 3. The van der Waals surface area contributed by atoms with E-state index >= 15 is 0 Å². The van der Waals surface area contributed by atoms with Crippen LogP contribution in [0.15, 0.2) is 54.6 Å². The summed E-state index contributed by atoms with van der Waals surface area (Å²) in [5.74, 6) is -2.59. The van der Waals surface area contributed by atoms with Crippen molar-refractivity contribution in [3.05, 3.63) is 89.0 Å². The fourth-order valence-electron chi connectivity index (χ4n) is 3.10. The Labute approximate surface area is 158 Å². The van der Waals surface area contributed by atoms with Crippen LogP contribution >= 0.6 is 0 Å². The van der Waals surface area contributed by atoms with Crippen LogP contribution in [0.4, 0.5) is 17.6 Å². The second-order valence-corrected chi connectivity index (χ2v) is 6.30. The van der Waals surface area contributed by atoms with E-state index < -0.39 is 23.3 Å². The van der Waals surface area contributed by atoms with E-state index in [9.17, 15) is 17.6 Å². The Hall–Kier alpha value is -3.19. The average molecular weight is 385 g/mol. The molecule has 4 rings (SSSR count). The van der Waals surface area contributed by atoms with Crippen LogP contribution in [0, 0.1) is 23.3 Å². The summed E-state index contributed by atoms with van der Waals surface area (Å²) >= 11 is 0. The summed E-state index contributed by atoms with van der Waals surface area (Å²) in [6.07, 6.45) is 0. The highest BCUT2D eigenvalue weighted by molar-refractivity contribution is 5.82. The van der Waals surface area contributed by atoms with Gasteiger partial charge >= 0.3 is 0 Å². The molecule has 0 unspecified atom stereocenters. The van der Waals surface area contributed by atoms with Crippen LogP contribution in [0.2, 0.25) is 0 Å². The number of aromatic nitrogens is 2. The van der Waals surface area contributed by atoms with Gasteiger partial charge in [0.1, 0.15) is 29.1 Å². The van der Waals surface area contributed by atoms with Crippen LogP contribution in [-0.2, 0) is 13.1 Å². The lowest BCUT2D eigenvalue weighted by molar-refractivity contribution is 0.535. The van der Waals surface area contributed by atoms with Crippen molar-refractivity contribution in [3.8, 4) is 11.4 Å². The Kier molecular flexibility index (Phi) is 4.83. The van der Waals surface area contributed by atoms with Gasteiger partial charge in [-0.25, -0.2) is 22.5 Å². The third-order valence-corrected chi connectivity index (χ3v) is 4.47. The lowest BCUT2D eigenvalue weighted by Gasteiger charge is -2.07. The first-order valence-electron chi connectivity index (χ1n) is 8.60. The zero-order valence-corrected chi connectivity index (χ0v) is 14.6. The molecule has 0 radical (unpaired) electrons. The number of rotatable bonds is 5. The molecule has 1 heterocycles. The number of fused-ring (bicyclic) bond motifs is 1. The molecule has 0 aliphatic heterocycles. The van der Waals surface area contributed by atoms with E-state index in [0.29, 0.717) is 11.0 Å². The van der Waals surface area contributed by atoms with Crippen molar-refractivity contribution < 1.29 is 17.6 Å². The highest BCUT2D eigenvalue weighted by Gasteiger charge is 2.16. The molecule has 4 aromatic rings. The Morgan fingerprint density at radius 2 is 1.36 bits per heavy atom. The molecule has 0 amide bonds. The summed E-state index contributed by atoms with van der Waals surface area (Å²) in [7, 11) is 0. The quantitative estimate of drug-likeness (QED) is 0.471. The smallest absolute Gasteiger partial charge is 0.144 e. The standard InChI is InChI=1S/C21H15F4N3/c22-14-5-2-6-15(23)13(14)11-26-10-12-4-1-9-18-20(12)28-21(27-18)19-16(24)7-3-8-17(19)25/h1-9,26H,10-11H2,(H,27,28). The summed E-state index contributed by atoms with van der Waals surface area (Å²) in [6.45, 7) is 0.267. The van der Waals surface area contributed by atoms with Crippen molar-refractivity contribution in [2.75, 3.05) is 0 Å².